The third-order valence-electron chi connectivity index (χ3n) is 3.46. The highest BCUT2D eigenvalue weighted by Crippen LogP contribution is 2.43. The Morgan fingerprint density at radius 3 is 2.47 bits per heavy atom. The van der Waals surface area contributed by atoms with Crippen LogP contribution in [-0.2, 0) is 10.0 Å². The molecule has 1 N–H and O–H groups in total. The third-order valence-corrected chi connectivity index (χ3v) is 5.04. The van der Waals surface area contributed by atoms with Crippen molar-refractivity contribution in [2.24, 2.45) is 5.41 Å². The average molecular weight is 230 g/mol. The Balaban J connectivity index is 2.53. The SMILES string of the molecule is CCC1(CNS(=O)(=O)C(C)C#N)CCC1. The van der Waals surface area contributed by atoms with Gasteiger partial charge in [0.1, 0.15) is 0 Å². The topological polar surface area (TPSA) is 70.0 Å². The van der Waals surface area contributed by atoms with E-state index in [-0.39, 0.29) is 5.41 Å². The molecule has 4 nitrogen and oxygen atoms in total. The van der Waals surface area contributed by atoms with E-state index in [4.69, 9.17) is 5.26 Å². The van der Waals surface area contributed by atoms with Gasteiger partial charge in [-0.1, -0.05) is 13.3 Å². The smallest absolute Gasteiger partial charge is 0.214 e. The van der Waals surface area contributed by atoms with E-state index < -0.39 is 15.3 Å². The van der Waals surface area contributed by atoms with Crippen LogP contribution >= 0.6 is 0 Å². The summed E-state index contributed by atoms with van der Waals surface area (Å²) in [6.07, 6.45) is 4.36. The lowest BCUT2D eigenvalue weighted by atomic mass is 9.67. The Bertz CT molecular complexity index is 347. The monoisotopic (exact) mass is 230 g/mol. The molecule has 0 spiro atoms. The van der Waals surface area contributed by atoms with Crippen molar-refractivity contribution in [3.8, 4) is 6.07 Å². The molecule has 1 aliphatic carbocycles. The second-order valence-electron chi connectivity index (χ2n) is 4.34. The molecule has 0 aromatic heterocycles. The molecule has 0 radical (unpaired) electrons. The maximum atomic E-state index is 11.5. The van der Waals surface area contributed by atoms with Gasteiger partial charge in [0, 0.05) is 6.54 Å². The van der Waals surface area contributed by atoms with Crippen LogP contribution in [0.2, 0.25) is 0 Å². The zero-order chi connectivity index (χ0) is 11.5. The number of hydrogen-bond donors (Lipinski definition) is 1. The van der Waals surface area contributed by atoms with Gasteiger partial charge in [-0.15, -0.1) is 0 Å². The van der Waals surface area contributed by atoms with Gasteiger partial charge in [-0.05, 0) is 31.6 Å². The maximum absolute atomic E-state index is 11.5. The van der Waals surface area contributed by atoms with Crippen molar-refractivity contribution >= 4 is 10.0 Å². The highest BCUT2D eigenvalue weighted by atomic mass is 32.2. The first-order valence-electron chi connectivity index (χ1n) is 5.34. The molecule has 1 saturated carbocycles. The van der Waals surface area contributed by atoms with Gasteiger partial charge < -0.3 is 0 Å². The predicted molar refractivity (Wildman–Crippen MR) is 58.6 cm³/mol. The molecule has 0 amide bonds. The molecule has 1 rings (SSSR count). The summed E-state index contributed by atoms with van der Waals surface area (Å²) in [5, 5.41) is 7.59. The Hall–Kier alpha value is -0.600. The van der Waals surface area contributed by atoms with E-state index in [0.29, 0.717) is 6.54 Å². The quantitative estimate of drug-likeness (QED) is 0.776. The van der Waals surface area contributed by atoms with E-state index in [1.54, 1.807) is 6.07 Å². The summed E-state index contributed by atoms with van der Waals surface area (Å²) in [5.74, 6) is 0. The molecular weight excluding hydrogens is 212 g/mol. The fraction of sp³-hybridized carbons (Fsp3) is 0.900. The van der Waals surface area contributed by atoms with Gasteiger partial charge in [-0.2, -0.15) is 5.26 Å². The minimum Gasteiger partial charge on any atom is -0.214 e. The highest BCUT2D eigenvalue weighted by molar-refractivity contribution is 7.90. The van der Waals surface area contributed by atoms with E-state index in [9.17, 15) is 8.42 Å². The molecule has 1 aliphatic rings. The zero-order valence-corrected chi connectivity index (χ0v) is 10.1. The minimum absolute atomic E-state index is 0.155. The summed E-state index contributed by atoms with van der Waals surface area (Å²) in [6.45, 7) is 3.97. The van der Waals surface area contributed by atoms with Crippen LogP contribution in [-0.4, -0.2) is 20.2 Å². The van der Waals surface area contributed by atoms with Gasteiger partial charge >= 0.3 is 0 Å². The van der Waals surface area contributed by atoms with Crippen LogP contribution in [0.1, 0.15) is 39.5 Å². The van der Waals surface area contributed by atoms with Gasteiger partial charge in [-0.3, -0.25) is 0 Å². The first-order chi connectivity index (χ1) is 6.96. The largest absolute Gasteiger partial charge is 0.227 e. The van der Waals surface area contributed by atoms with Crippen LogP contribution in [0.25, 0.3) is 0 Å². The Morgan fingerprint density at radius 2 is 2.13 bits per heavy atom. The van der Waals surface area contributed by atoms with Crippen LogP contribution in [0.5, 0.6) is 0 Å². The second-order valence-corrected chi connectivity index (χ2v) is 6.43. The van der Waals surface area contributed by atoms with Gasteiger partial charge in [0.25, 0.3) is 0 Å². The second kappa shape index (κ2) is 4.50. The first-order valence-corrected chi connectivity index (χ1v) is 6.88. The maximum Gasteiger partial charge on any atom is 0.227 e. The number of nitriles is 1. The van der Waals surface area contributed by atoms with Gasteiger partial charge in [0.05, 0.1) is 6.07 Å². The lowest BCUT2D eigenvalue weighted by Crippen LogP contribution is -2.43. The van der Waals surface area contributed by atoms with Crippen LogP contribution < -0.4 is 4.72 Å². The van der Waals surface area contributed by atoms with E-state index in [1.165, 1.54) is 13.3 Å². The molecule has 1 atom stereocenters. The van der Waals surface area contributed by atoms with Crippen molar-refractivity contribution in [1.29, 1.82) is 5.26 Å². The third kappa shape index (κ3) is 2.70. The zero-order valence-electron chi connectivity index (χ0n) is 9.28. The molecule has 0 aromatic carbocycles. The number of hydrogen-bond acceptors (Lipinski definition) is 3. The molecule has 1 unspecified atom stereocenters. The molecule has 86 valence electrons. The van der Waals surface area contributed by atoms with Crippen molar-refractivity contribution in [2.75, 3.05) is 6.54 Å². The summed E-state index contributed by atoms with van der Waals surface area (Å²) in [4.78, 5) is 0. The van der Waals surface area contributed by atoms with Crippen LogP contribution in [0.15, 0.2) is 0 Å². The summed E-state index contributed by atoms with van der Waals surface area (Å²) in [6, 6.07) is 1.75. The lowest BCUT2D eigenvalue weighted by molar-refractivity contribution is 0.133. The molecule has 1 fully saturated rings. The van der Waals surface area contributed by atoms with Crippen molar-refractivity contribution in [3.63, 3.8) is 0 Å². The molecular formula is C10H18N2O2S. The number of nitrogens with zero attached hydrogens (tertiary/aromatic N) is 1. The Labute approximate surface area is 91.7 Å². The van der Waals surface area contributed by atoms with Gasteiger partial charge in [0.2, 0.25) is 10.0 Å². The molecule has 0 bridgehead atoms. The number of sulfonamides is 1. The van der Waals surface area contributed by atoms with Crippen LogP contribution in [0, 0.1) is 16.7 Å². The van der Waals surface area contributed by atoms with Crippen LogP contribution in [0.3, 0.4) is 0 Å². The van der Waals surface area contributed by atoms with Gasteiger partial charge in [0.15, 0.2) is 5.25 Å². The predicted octanol–water partition coefficient (Wildman–Crippen LogP) is 1.40. The molecule has 5 heteroatoms. The molecule has 15 heavy (non-hydrogen) atoms. The summed E-state index contributed by atoms with van der Waals surface area (Å²) in [7, 11) is -3.44. The minimum atomic E-state index is -3.44. The van der Waals surface area contributed by atoms with E-state index in [1.807, 2.05) is 0 Å². The number of nitrogens with one attached hydrogen (secondary N) is 1. The summed E-state index contributed by atoms with van der Waals surface area (Å²) >= 11 is 0. The first kappa shape index (κ1) is 12.5. The fourth-order valence-corrected chi connectivity index (χ4v) is 2.68. The standard InChI is InChI=1S/C10H18N2O2S/c1-3-10(5-4-6-10)8-12-15(13,14)9(2)7-11/h9,12H,3-6,8H2,1-2H3. The summed E-state index contributed by atoms with van der Waals surface area (Å²) < 4.78 is 25.6. The molecule has 0 aliphatic heterocycles. The van der Waals surface area contributed by atoms with Crippen LogP contribution in [0.4, 0.5) is 0 Å². The van der Waals surface area contributed by atoms with Crippen molar-refractivity contribution in [2.45, 2.75) is 44.8 Å². The van der Waals surface area contributed by atoms with Crippen molar-refractivity contribution < 1.29 is 8.42 Å². The molecule has 0 heterocycles. The normalized spacial score (nSPS) is 21.4. The average Bonchev–Trinajstić information content (AvgIpc) is 2.15. The molecule has 0 saturated heterocycles. The van der Waals surface area contributed by atoms with E-state index in [0.717, 1.165) is 19.3 Å². The van der Waals surface area contributed by atoms with Crippen molar-refractivity contribution in [1.82, 2.24) is 4.72 Å². The van der Waals surface area contributed by atoms with E-state index >= 15 is 0 Å². The number of rotatable bonds is 5. The Kier molecular flexibility index (Phi) is 3.74. The fourth-order valence-electron chi connectivity index (χ4n) is 1.78. The summed E-state index contributed by atoms with van der Waals surface area (Å²) in [5.41, 5.74) is 0.155. The Morgan fingerprint density at radius 1 is 1.53 bits per heavy atom. The van der Waals surface area contributed by atoms with Gasteiger partial charge in [-0.25, -0.2) is 13.1 Å². The lowest BCUT2D eigenvalue weighted by Gasteiger charge is -2.41. The molecule has 0 aromatic rings. The van der Waals surface area contributed by atoms with Crippen molar-refractivity contribution in [3.05, 3.63) is 0 Å². The van der Waals surface area contributed by atoms with E-state index in [2.05, 4.69) is 11.6 Å². The highest BCUT2D eigenvalue weighted by Gasteiger charge is 2.36.